The number of rotatable bonds is 4. The molecule has 0 atom stereocenters. The highest BCUT2D eigenvalue weighted by molar-refractivity contribution is 6.31. The lowest BCUT2D eigenvalue weighted by atomic mass is 10.1. The fraction of sp³-hybridized carbons (Fsp3) is 0.333. The molecular weight excluding hydrogens is 301 g/mol. The third-order valence-corrected chi connectivity index (χ3v) is 3.21. The van der Waals surface area contributed by atoms with Gasteiger partial charge in [-0.3, -0.25) is 5.43 Å². The van der Waals surface area contributed by atoms with Crippen molar-refractivity contribution in [1.29, 1.82) is 0 Å². The summed E-state index contributed by atoms with van der Waals surface area (Å²) in [5.74, 6) is 0.918. The number of hydrogen-bond donors (Lipinski definition) is 1. The number of aromatic nitrogens is 2. The van der Waals surface area contributed by atoms with E-state index in [2.05, 4.69) is 25.7 Å². The highest BCUT2D eigenvalue weighted by atomic mass is 35.5. The molecule has 1 saturated carbocycles. The van der Waals surface area contributed by atoms with E-state index in [1.165, 1.54) is 24.5 Å². The summed E-state index contributed by atoms with van der Waals surface area (Å²) < 4.78 is 5.37. The number of hydrogen-bond acceptors (Lipinski definition) is 5. The van der Waals surface area contributed by atoms with Gasteiger partial charge in [-0.25, -0.2) is 4.98 Å². The zero-order valence-corrected chi connectivity index (χ0v) is 11.9. The van der Waals surface area contributed by atoms with Crippen LogP contribution in [0.1, 0.15) is 12.8 Å². The summed E-state index contributed by atoms with van der Waals surface area (Å²) in [6.45, 7) is 0.445. The van der Waals surface area contributed by atoms with Crippen molar-refractivity contribution in [1.82, 2.24) is 15.4 Å². The van der Waals surface area contributed by atoms with E-state index in [4.69, 9.17) is 27.9 Å². The summed E-state index contributed by atoms with van der Waals surface area (Å²) in [7, 11) is 0. The van der Waals surface area contributed by atoms with Gasteiger partial charge in [-0.15, -0.1) is 5.11 Å². The standard InChI is InChI=1S/C12H11Cl2N5O/c13-10-4-11(16-12(14)15-10)18-19-17-9-3-8(5-20-6-9)7-1-2-7/h3-5,7H,1-2,6H2,(H,15,16,17,18). The second-order valence-electron chi connectivity index (χ2n) is 4.50. The number of nitrogens with one attached hydrogen (secondary N) is 1. The molecule has 1 N–H and O–H groups in total. The van der Waals surface area contributed by atoms with E-state index in [9.17, 15) is 0 Å². The van der Waals surface area contributed by atoms with Gasteiger partial charge < -0.3 is 4.74 Å². The first-order valence-corrected chi connectivity index (χ1v) is 6.85. The van der Waals surface area contributed by atoms with E-state index in [-0.39, 0.29) is 16.3 Å². The molecular formula is C12H11Cl2N5O. The Morgan fingerprint density at radius 2 is 2.15 bits per heavy atom. The molecule has 1 aromatic rings. The highest BCUT2D eigenvalue weighted by Crippen LogP contribution is 2.38. The monoisotopic (exact) mass is 311 g/mol. The van der Waals surface area contributed by atoms with Crippen LogP contribution in [0.4, 0.5) is 5.82 Å². The van der Waals surface area contributed by atoms with E-state index in [1.807, 2.05) is 12.3 Å². The summed E-state index contributed by atoms with van der Waals surface area (Å²) in [6, 6.07) is 1.47. The lowest BCUT2D eigenvalue weighted by molar-refractivity contribution is 0.263. The van der Waals surface area contributed by atoms with E-state index in [0.717, 1.165) is 5.70 Å². The van der Waals surface area contributed by atoms with Crippen molar-refractivity contribution in [2.45, 2.75) is 12.8 Å². The Hall–Kier alpha value is -1.66. The summed E-state index contributed by atoms with van der Waals surface area (Å²) in [4.78, 5) is 7.60. The van der Waals surface area contributed by atoms with Crippen LogP contribution in [0.15, 0.2) is 40.0 Å². The Kier molecular flexibility index (Phi) is 3.84. The van der Waals surface area contributed by atoms with Gasteiger partial charge in [0, 0.05) is 6.07 Å². The van der Waals surface area contributed by atoms with Crippen LogP contribution in [0, 0.1) is 5.92 Å². The quantitative estimate of drug-likeness (QED) is 0.399. The van der Waals surface area contributed by atoms with Crippen LogP contribution in [0.3, 0.4) is 0 Å². The first kappa shape index (κ1) is 13.3. The maximum atomic E-state index is 5.74. The predicted molar refractivity (Wildman–Crippen MR) is 74.5 cm³/mol. The number of nitrogens with zero attached hydrogens (tertiary/aromatic N) is 4. The third kappa shape index (κ3) is 3.46. The fourth-order valence-corrected chi connectivity index (χ4v) is 2.17. The largest absolute Gasteiger partial charge is 0.495 e. The molecule has 0 radical (unpaired) electrons. The molecule has 1 fully saturated rings. The second-order valence-corrected chi connectivity index (χ2v) is 5.23. The van der Waals surface area contributed by atoms with Crippen LogP contribution in [-0.2, 0) is 4.74 Å². The second kappa shape index (κ2) is 5.76. The van der Waals surface area contributed by atoms with Crippen molar-refractivity contribution in [3.05, 3.63) is 40.1 Å². The van der Waals surface area contributed by atoms with E-state index in [0.29, 0.717) is 12.5 Å². The van der Waals surface area contributed by atoms with Crippen LogP contribution in [0.2, 0.25) is 10.4 Å². The Morgan fingerprint density at radius 1 is 1.30 bits per heavy atom. The van der Waals surface area contributed by atoms with Crippen LogP contribution in [-0.4, -0.2) is 16.6 Å². The van der Waals surface area contributed by atoms with Crippen molar-refractivity contribution < 1.29 is 4.74 Å². The van der Waals surface area contributed by atoms with E-state index >= 15 is 0 Å². The van der Waals surface area contributed by atoms with Gasteiger partial charge in [-0.05, 0) is 42.0 Å². The minimum Gasteiger partial charge on any atom is -0.495 e. The molecule has 1 aromatic heterocycles. The van der Waals surface area contributed by atoms with Gasteiger partial charge >= 0.3 is 0 Å². The first-order chi connectivity index (χ1) is 9.70. The zero-order valence-electron chi connectivity index (χ0n) is 10.4. The number of ether oxygens (including phenoxy) is 1. The smallest absolute Gasteiger partial charge is 0.225 e. The molecule has 1 aliphatic heterocycles. The van der Waals surface area contributed by atoms with Crippen LogP contribution < -0.4 is 5.43 Å². The van der Waals surface area contributed by atoms with Crippen LogP contribution in [0.25, 0.3) is 0 Å². The van der Waals surface area contributed by atoms with E-state index < -0.39 is 0 Å². The van der Waals surface area contributed by atoms with E-state index in [1.54, 1.807) is 0 Å². The van der Waals surface area contributed by atoms with Crippen molar-refractivity contribution in [2.75, 3.05) is 6.61 Å². The van der Waals surface area contributed by atoms with Crippen molar-refractivity contribution in [3.63, 3.8) is 0 Å². The number of halogens is 2. The van der Waals surface area contributed by atoms with Gasteiger partial charge in [0.1, 0.15) is 11.8 Å². The number of allylic oxidation sites excluding steroid dienone is 2. The lowest BCUT2D eigenvalue weighted by Gasteiger charge is -2.13. The molecule has 0 unspecified atom stereocenters. The summed E-state index contributed by atoms with van der Waals surface area (Å²) in [6.07, 6.45) is 6.29. The molecule has 0 amide bonds. The normalized spacial score (nSPS) is 18.5. The SMILES string of the molecule is Clc1cc(N=NNC2=CC(C3CC3)=COC2)nc(Cl)n1. The molecule has 2 aliphatic rings. The minimum absolute atomic E-state index is 0.0330. The predicted octanol–water partition coefficient (Wildman–Crippen LogP) is 3.58. The molecule has 0 bridgehead atoms. The molecule has 3 rings (SSSR count). The Balaban J connectivity index is 1.63. The third-order valence-electron chi connectivity index (χ3n) is 2.85. The van der Waals surface area contributed by atoms with Crippen LogP contribution >= 0.6 is 23.2 Å². The van der Waals surface area contributed by atoms with Crippen molar-refractivity contribution >= 4 is 29.0 Å². The summed E-state index contributed by atoms with van der Waals surface area (Å²) >= 11 is 11.4. The molecule has 8 heteroatoms. The fourth-order valence-electron chi connectivity index (χ4n) is 1.77. The molecule has 20 heavy (non-hydrogen) atoms. The Labute approximate surface area is 125 Å². The van der Waals surface area contributed by atoms with Gasteiger partial charge in [0.2, 0.25) is 5.28 Å². The molecule has 2 heterocycles. The van der Waals surface area contributed by atoms with Crippen molar-refractivity contribution in [2.24, 2.45) is 16.3 Å². The highest BCUT2D eigenvalue weighted by Gasteiger charge is 2.26. The minimum atomic E-state index is 0.0330. The Morgan fingerprint density at radius 3 is 2.90 bits per heavy atom. The summed E-state index contributed by atoms with van der Waals surface area (Å²) in [5.41, 5.74) is 4.88. The molecule has 0 saturated heterocycles. The average molecular weight is 312 g/mol. The van der Waals surface area contributed by atoms with Gasteiger partial charge in [0.15, 0.2) is 5.82 Å². The van der Waals surface area contributed by atoms with Gasteiger partial charge in [-0.2, -0.15) is 4.98 Å². The maximum Gasteiger partial charge on any atom is 0.225 e. The van der Waals surface area contributed by atoms with Gasteiger partial charge in [0.05, 0.1) is 12.0 Å². The molecule has 104 valence electrons. The molecule has 6 nitrogen and oxygen atoms in total. The molecule has 0 aromatic carbocycles. The molecule has 0 spiro atoms. The topological polar surface area (TPSA) is 71.8 Å². The van der Waals surface area contributed by atoms with Crippen LogP contribution in [0.5, 0.6) is 0 Å². The zero-order chi connectivity index (χ0) is 13.9. The first-order valence-electron chi connectivity index (χ1n) is 6.10. The summed E-state index contributed by atoms with van der Waals surface area (Å²) in [5, 5.41) is 7.99. The maximum absolute atomic E-state index is 5.74. The van der Waals surface area contributed by atoms with Gasteiger partial charge in [0.25, 0.3) is 0 Å². The average Bonchev–Trinajstić information content (AvgIpc) is 3.22. The van der Waals surface area contributed by atoms with Gasteiger partial charge in [-0.1, -0.05) is 16.8 Å². The Bertz CT molecular complexity index is 590. The van der Waals surface area contributed by atoms with Crippen molar-refractivity contribution in [3.8, 4) is 0 Å². The lowest BCUT2D eigenvalue weighted by Crippen LogP contribution is -2.13. The molecule has 1 aliphatic carbocycles.